The number of hydrogen-bond acceptors (Lipinski definition) is 7. The van der Waals surface area contributed by atoms with Crippen molar-refractivity contribution in [1.29, 1.82) is 0 Å². The maximum absolute atomic E-state index is 6.21. The molecule has 0 radical (unpaired) electrons. The fraction of sp³-hybridized carbons (Fsp3) is 0.706. The Kier molecular flexibility index (Phi) is 4.14. The van der Waals surface area contributed by atoms with Gasteiger partial charge in [0, 0.05) is 32.3 Å². The molecule has 0 aromatic carbocycles. The highest BCUT2D eigenvalue weighted by atomic mass is 16.6. The number of rotatable bonds is 3. The predicted molar refractivity (Wildman–Crippen MR) is 90.7 cm³/mol. The quantitative estimate of drug-likeness (QED) is 0.903. The summed E-state index contributed by atoms with van der Waals surface area (Å²) in [5.74, 6) is 0.338. The molecule has 7 nitrogen and oxygen atoms in total. The number of likely N-dealkylation sites (tertiary alicyclic amines) is 1. The third-order valence-electron chi connectivity index (χ3n) is 5.39. The van der Waals surface area contributed by atoms with Crippen LogP contribution in [0.4, 0.5) is 5.95 Å². The summed E-state index contributed by atoms with van der Waals surface area (Å²) in [6, 6.07) is 0. The van der Waals surface area contributed by atoms with Crippen molar-refractivity contribution in [3.8, 4) is 0 Å². The minimum absolute atomic E-state index is 0.200. The van der Waals surface area contributed by atoms with Gasteiger partial charge in [0.2, 0.25) is 5.95 Å². The molecular weight excluding hydrogens is 306 g/mol. The molecule has 1 saturated heterocycles. The number of piperidine rings is 1. The van der Waals surface area contributed by atoms with Crippen LogP contribution in [0.1, 0.15) is 43.9 Å². The van der Waals surface area contributed by atoms with Gasteiger partial charge < -0.3 is 15.3 Å². The van der Waals surface area contributed by atoms with Crippen LogP contribution in [0.3, 0.4) is 0 Å². The molecule has 1 unspecified atom stereocenters. The molecule has 1 atom stereocenters. The molecule has 1 aromatic rings. The first-order chi connectivity index (χ1) is 11.7. The zero-order valence-electron chi connectivity index (χ0n) is 14.2. The number of aromatic nitrogens is 2. The highest BCUT2D eigenvalue weighted by Gasteiger charge is 2.43. The number of anilines is 1. The highest BCUT2D eigenvalue weighted by Crippen LogP contribution is 2.40. The zero-order valence-corrected chi connectivity index (χ0v) is 14.2. The molecule has 3 aliphatic heterocycles. The molecule has 1 aromatic heterocycles. The van der Waals surface area contributed by atoms with E-state index in [1.807, 2.05) is 6.20 Å². The molecular formula is C17H25N5O2. The molecule has 0 bridgehead atoms. The number of oxime groups is 1. The lowest BCUT2D eigenvalue weighted by Crippen LogP contribution is -2.48. The van der Waals surface area contributed by atoms with Crippen molar-refractivity contribution in [2.45, 2.75) is 50.7 Å². The second kappa shape index (κ2) is 6.29. The van der Waals surface area contributed by atoms with E-state index >= 15 is 0 Å². The molecule has 0 amide bonds. The predicted octanol–water partition coefficient (Wildman–Crippen LogP) is 1.48. The van der Waals surface area contributed by atoms with Crippen LogP contribution in [0, 0.1) is 0 Å². The van der Waals surface area contributed by atoms with Gasteiger partial charge in [-0.1, -0.05) is 12.1 Å². The Bertz CT molecular complexity index is 640. The molecule has 4 rings (SSSR count). The molecule has 130 valence electrons. The molecule has 4 heterocycles. The van der Waals surface area contributed by atoms with Gasteiger partial charge in [0.1, 0.15) is 11.7 Å². The summed E-state index contributed by atoms with van der Waals surface area (Å²) < 4.78 is 6.21. The van der Waals surface area contributed by atoms with Crippen LogP contribution in [0.2, 0.25) is 0 Å². The number of ether oxygens (including phenoxy) is 1. The molecule has 3 aliphatic rings. The second-order valence-corrected chi connectivity index (χ2v) is 6.94. The van der Waals surface area contributed by atoms with E-state index in [9.17, 15) is 0 Å². The molecule has 0 aliphatic carbocycles. The van der Waals surface area contributed by atoms with E-state index in [1.54, 1.807) is 0 Å². The number of fused-ring (bicyclic) bond motifs is 2. The van der Waals surface area contributed by atoms with Gasteiger partial charge in [-0.15, -0.1) is 0 Å². The summed E-state index contributed by atoms with van der Waals surface area (Å²) in [6.45, 7) is 5.75. The van der Waals surface area contributed by atoms with Gasteiger partial charge in [-0.2, -0.15) is 0 Å². The Morgan fingerprint density at radius 1 is 1.38 bits per heavy atom. The fourth-order valence-corrected chi connectivity index (χ4v) is 3.98. The van der Waals surface area contributed by atoms with Crippen LogP contribution in [0.25, 0.3) is 0 Å². The lowest BCUT2D eigenvalue weighted by molar-refractivity contribution is -0.105. The second-order valence-electron chi connectivity index (χ2n) is 6.94. The van der Waals surface area contributed by atoms with E-state index in [0.717, 1.165) is 64.0 Å². The van der Waals surface area contributed by atoms with Crippen molar-refractivity contribution in [2.24, 2.45) is 5.16 Å². The van der Waals surface area contributed by atoms with Gasteiger partial charge in [0.05, 0.1) is 18.0 Å². The molecule has 1 spiro atoms. The summed E-state index contributed by atoms with van der Waals surface area (Å²) in [5, 5.41) is 4.16. The Hall–Kier alpha value is -1.73. The molecule has 1 fully saturated rings. The minimum atomic E-state index is -0.289. The van der Waals surface area contributed by atoms with E-state index in [0.29, 0.717) is 5.95 Å². The first-order valence-electron chi connectivity index (χ1n) is 8.88. The maximum Gasteiger partial charge on any atom is 0.220 e. The highest BCUT2D eigenvalue weighted by molar-refractivity contribution is 5.85. The van der Waals surface area contributed by atoms with Crippen LogP contribution in [-0.2, 0) is 21.6 Å². The lowest BCUT2D eigenvalue weighted by atomic mass is 9.83. The van der Waals surface area contributed by atoms with E-state index in [-0.39, 0.29) is 11.7 Å². The zero-order chi connectivity index (χ0) is 16.6. The molecule has 24 heavy (non-hydrogen) atoms. The number of nitrogens with two attached hydrogens (primary N) is 1. The Labute approximate surface area is 142 Å². The summed E-state index contributed by atoms with van der Waals surface area (Å²) >= 11 is 0. The Morgan fingerprint density at radius 3 is 2.96 bits per heavy atom. The topological polar surface area (TPSA) is 85.9 Å². The summed E-state index contributed by atoms with van der Waals surface area (Å²) in [5.41, 5.74) is 8.89. The first-order valence-corrected chi connectivity index (χ1v) is 8.88. The van der Waals surface area contributed by atoms with Gasteiger partial charge in [-0.3, -0.25) is 4.90 Å². The summed E-state index contributed by atoms with van der Waals surface area (Å²) in [6.07, 6.45) is 6.74. The average Bonchev–Trinajstić information content (AvgIpc) is 3.06. The maximum atomic E-state index is 6.21. The van der Waals surface area contributed by atoms with E-state index in [2.05, 4.69) is 26.9 Å². The van der Waals surface area contributed by atoms with Crippen molar-refractivity contribution in [3.05, 3.63) is 17.5 Å². The third-order valence-corrected chi connectivity index (χ3v) is 5.39. The van der Waals surface area contributed by atoms with Crippen LogP contribution in [-0.4, -0.2) is 52.9 Å². The summed E-state index contributed by atoms with van der Waals surface area (Å²) in [7, 11) is 0. The van der Waals surface area contributed by atoms with Gasteiger partial charge in [-0.25, -0.2) is 9.97 Å². The van der Waals surface area contributed by atoms with Gasteiger partial charge in [0.25, 0.3) is 0 Å². The van der Waals surface area contributed by atoms with Gasteiger partial charge in [-0.05, 0) is 31.2 Å². The SMILES string of the molecule is CCC1=NOC(CN2CCC3(CC2)OCCc2cnc(N)nc23)C1. The van der Waals surface area contributed by atoms with Crippen molar-refractivity contribution >= 4 is 11.7 Å². The Balaban J connectivity index is 1.41. The van der Waals surface area contributed by atoms with Gasteiger partial charge >= 0.3 is 0 Å². The van der Waals surface area contributed by atoms with Crippen LogP contribution >= 0.6 is 0 Å². The Morgan fingerprint density at radius 2 is 2.21 bits per heavy atom. The fourth-order valence-electron chi connectivity index (χ4n) is 3.98. The molecule has 0 saturated carbocycles. The van der Waals surface area contributed by atoms with Crippen LogP contribution in [0.5, 0.6) is 0 Å². The normalized spacial score (nSPS) is 26.0. The minimum Gasteiger partial charge on any atom is -0.391 e. The first kappa shape index (κ1) is 15.8. The number of nitrogens with zero attached hydrogens (tertiary/aromatic N) is 4. The summed E-state index contributed by atoms with van der Waals surface area (Å²) in [4.78, 5) is 16.7. The van der Waals surface area contributed by atoms with E-state index in [1.165, 1.54) is 11.3 Å². The van der Waals surface area contributed by atoms with Crippen molar-refractivity contribution < 1.29 is 9.57 Å². The van der Waals surface area contributed by atoms with Crippen LogP contribution < -0.4 is 5.73 Å². The smallest absolute Gasteiger partial charge is 0.220 e. The number of hydrogen-bond donors (Lipinski definition) is 1. The van der Waals surface area contributed by atoms with E-state index < -0.39 is 0 Å². The van der Waals surface area contributed by atoms with Crippen molar-refractivity contribution in [2.75, 3.05) is 32.0 Å². The largest absolute Gasteiger partial charge is 0.391 e. The van der Waals surface area contributed by atoms with Crippen LogP contribution in [0.15, 0.2) is 11.4 Å². The molecule has 7 heteroatoms. The number of nitrogen functional groups attached to an aromatic ring is 1. The van der Waals surface area contributed by atoms with Crippen molar-refractivity contribution in [3.63, 3.8) is 0 Å². The van der Waals surface area contributed by atoms with Crippen molar-refractivity contribution in [1.82, 2.24) is 14.9 Å². The standard InChI is InChI=1S/C17H25N5O2/c1-2-13-9-14(24-21-13)11-22-6-4-17(5-7-22)15-12(3-8-23-17)10-19-16(18)20-15/h10,14H,2-9,11H2,1H3,(H2,18,19,20). The average molecular weight is 331 g/mol. The monoisotopic (exact) mass is 331 g/mol. The third kappa shape index (κ3) is 2.86. The van der Waals surface area contributed by atoms with Gasteiger partial charge in [0.15, 0.2) is 0 Å². The molecule has 2 N–H and O–H groups in total. The van der Waals surface area contributed by atoms with E-state index in [4.69, 9.17) is 15.3 Å². The lowest BCUT2D eigenvalue weighted by Gasteiger charge is -2.44.